The van der Waals surface area contributed by atoms with Crippen LogP contribution in [-0.2, 0) is 0 Å². The van der Waals surface area contributed by atoms with E-state index in [4.69, 9.17) is 10.1 Å². The summed E-state index contributed by atoms with van der Waals surface area (Å²) in [4.78, 5) is 17.0. The van der Waals surface area contributed by atoms with Crippen LogP contribution in [0.1, 0.15) is 42.1 Å². The number of hydrogen-bond donors (Lipinski definition) is 2. The minimum atomic E-state index is -1.15. The predicted molar refractivity (Wildman–Crippen MR) is 135 cm³/mol. The van der Waals surface area contributed by atoms with E-state index in [2.05, 4.69) is 34.4 Å². The van der Waals surface area contributed by atoms with Gasteiger partial charge in [0.15, 0.2) is 17.4 Å². The maximum absolute atomic E-state index is 13.5. The molecule has 0 unspecified atom stereocenters. The zero-order valence-corrected chi connectivity index (χ0v) is 19.9. The van der Waals surface area contributed by atoms with Gasteiger partial charge >= 0.3 is 0 Å². The summed E-state index contributed by atoms with van der Waals surface area (Å²) >= 11 is 0. The highest BCUT2D eigenvalue weighted by molar-refractivity contribution is 5.94. The molecule has 5 aromatic rings. The van der Waals surface area contributed by atoms with Gasteiger partial charge in [0, 0.05) is 41.6 Å². The molecule has 188 valence electrons. The molecule has 2 N–H and O–H groups in total. The van der Waals surface area contributed by atoms with Crippen molar-refractivity contribution in [3.05, 3.63) is 84.3 Å². The van der Waals surface area contributed by atoms with Crippen LogP contribution in [0.2, 0.25) is 0 Å². The summed E-state index contributed by atoms with van der Waals surface area (Å²) in [5.41, 5.74) is 3.61. The van der Waals surface area contributed by atoms with E-state index in [9.17, 15) is 18.7 Å². The van der Waals surface area contributed by atoms with Gasteiger partial charge in [0.2, 0.25) is 0 Å². The maximum Gasteiger partial charge on any atom is 0.251 e. The van der Waals surface area contributed by atoms with Crippen molar-refractivity contribution in [3.63, 3.8) is 0 Å². The lowest BCUT2D eigenvalue weighted by molar-refractivity contribution is 0.0940. The molecule has 1 aliphatic rings. The molecule has 1 saturated carbocycles. The number of hydrogen-bond acceptors (Lipinski definition) is 4. The van der Waals surface area contributed by atoms with Crippen molar-refractivity contribution in [2.45, 2.75) is 31.7 Å². The molecule has 0 aliphatic heterocycles. The monoisotopic (exact) mass is 501 g/mol. The summed E-state index contributed by atoms with van der Waals surface area (Å²) in [6, 6.07) is 14.1. The van der Waals surface area contributed by atoms with Gasteiger partial charge in [-0.1, -0.05) is 18.2 Å². The molecule has 0 radical (unpaired) electrons. The number of aromatic nitrogens is 4. The molecule has 1 aliphatic carbocycles. The summed E-state index contributed by atoms with van der Waals surface area (Å²) < 4.78 is 31.1. The van der Waals surface area contributed by atoms with Crippen LogP contribution in [0.4, 0.5) is 8.78 Å². The molecule has 3 heterocycles. The Bertz CT molecular complexity index is 1560. The van der Waals surface area contributed by atoms with Crippen LogP contribution in [0.15, 0.2) is 67.1 Å². The van der Waals surface area contributed by atoms with Gasteiger partial charge in [0.25, 0.3) is 5.91 Å². The Balaban J connectivity index is 1.08. The molecule has 9 heteroatoms. The number of imidazole rings is 1. The van der Waals surface area contributed by atoms with Gasteiger partial charge in [-0.2, -0.15) is 5.10 Å². The minimum absolute atomic E-state index is 0.146. The first-order valence-corrected chi connectivity index (χ1v) is 12.3. The Labute approximate surface area is 211 Å². The molecule has 0 atom stereocenters. The summed E-state index contributed by atoms with van der Waals surface area (Å²) in [6.45, 7) is 0.430. The summed E-state index contributed by atoms with van der Waals surface area (Å²) in [5, 5.41) is 17.9. The van der Waals surface area contributed by atoms with Gasteiger partial charge in [0.05, 0.1) is 17.3 Å². The first-order chi connectivity index (χ1) is 17.9. The maximum atomic E-state index is 13.5. The molecule has 0 spiro atoms. The highest BCUT2D eigenvalue weighted by Gasteiger charge is 2.24. The Morgan fingerprint density at radius 2 is 1.81 bits per heavy atom. The largest absolute Gasteiger partial charge is 0.503 e. The van der Waals surface area contributed by atoms with E-state index in [-0.39, 0.29) is 17.5 Å². The van der Waals surface area contributed by atoms with Crippen LogP contribution in [0.25, 0.3) is 27.8 Å². The fraction of sp³-hybridized carbons (Fsp3) is 0.250. The number of rotatable bonds is 5. The van der Waals surface area contributed by atoms with Crippen LogP contribution in [0.5, 0.6) is 5.75 Å². The van der Waals surface area contributed by atoms with Gasteiger partial charge in [-0.15, -0.1) is 0 Å². The first kappa shape index (κ1) is 23.1. The van der Waals surface area contributed by atoms with Crippen molar-refractivity contribution < 1.29 is 18.7 Å². The number of phenols is 1. The molecular weight excluding hydrogens is 476 g/mol. The third kappa shape index (κ3) is 4.52. The fourth-order valence-electron chi connectivity index (χ4n) is 5.10. The summed E-state index contributed by atoms with van der Waals surface area (Å²) in [6.07, 6.45) is 9.75. The zero-order valence-electron chi connectivity index (χ0n) is 19.9. The molecule has 1 amide bonds. The number of carbonyl (C=O) groups excluding carboxylic acids is 1. The van der Waals surface area contributed by atoms with Crippen LogP contribution in [-0.4, -0.2) is 36.7 Å². The summed E-state index contributed by atoms with van der Waals surface area (Å²) in [5.74, 6) is -3.66. The van der Waals surface area contributed by atoms with E-state index in [1.165, 1.54) is 0 Å². The average molecular weight is 502 g/mol. The lowest BCUT2D eigenvalue weighted by Crippen LogP contribution is -2.31. The second kappa shape index (κ2) is 9.31. The normalized spacial score (nSPS) is 17.9. The van der Waals surface area contributed by atoms with Crippen LogP contribution < -0.4 is 5.32 Å². The molecule has 1 fully saturated rings. The topological polar surface area (TPSA) is 84.5 Å². The standard InChI is InChI=1S/C28H25F2N5O2/c29-22-11-20(12-23(30)27(22)36)28(37)31-14-17-4-8-21(9-5-17)35-15-19-7-6-18(13-24(19)33-35)25-16-34-10-2-1-3-26(34)32-25/h1-3,6-7,10-13,15-17,21,36H,4-5,8-9,14H2,(H,31,37). The molecule has 6 rings (SSSR count). The SMILES string of the molecule is O=C(NCC1CCC(n2cc3ccc(-c4cn5ccccc5n4)cc3n2)CC1)c1cc(F)c(O)c(F)c1. The average Bonchev–Trinajstić information content (AvgIpc) is 3.54. The van der Waals surface area contributed by atoms with E-state index < -0.39 is 23.3 Å². The van der Waals surface area contributed by atoms with Gasteiger partial charge < -0.3 is 14.8 Å². The number of halogens is 2. The molecule has 7 nitrogen and oxygen atoms in total. The number of pyridine rings is 1. The van der Waals surface area contributed by atoms with Crippen LogP contribution in [0, 0.1) is 17.6 Å². The molecule has 0 saturated heterocycles. The Hall–Kier alpha value is -4.27. The number of aromatic hydroxyl groups is 1. The lowest BCUT2D eigenvalue weighted by Gasteiger charge is -2.28. The lowest BCUT2D eigenvalue weighted by atomic mass is 9.86. The third-order valence-electron chi connectivity index (χ3n) is 7.21. The Morgan fingerprint density at radius 3 is 2.57 bits per heavy atom. The first-order valence-electron chi connectivity index (χ1n) is 12.3. The van der Waals surface area contributed by atoms with Crippen molar-refractivity contribution in [3.8, 4) is 17.0 Å². The van der Waals surface area contributed by atoms with Gasteiger partial charge in [-0.05, 0) is 61.9 Å². The smallest absolute Gasteiger partial charge is 0.251 e. The van der Waals surface area contributed by atoms with E-state index in [1.54, 1.807) is 0 Å². The predicted octanol–water partition coefficient (Wildman–Crippen LogP) is 5.50. The van der Waals surface area contributed by atoms with E-state index in [1.807, 2.05) is 35.0 Å². The zero-order chi connectivity index (χ0) is 25.5. The number of nitrogens with zero attached hydrogens (tertiary/aromatic N) is 4. The van der Waals surface area contributed by atoms with Gasteiger partial charge in [0.1, 0.15) is 5.65 Å². The number of benzene rings is 2. The van der Waals surface area contributed by atoms with Crippen molar-refractivity contribution in [1.82, 2.24) is 24.5 Å². The van der Waals surface area contributed by atoms with Gasteiger partial charge in [-0.3, -0.25) is 9.48 Å². The quantitative estimate of drug-likeness (QED) is 0.333. The molecule has 3 aromatic heterocycles. The second-order valence-corrected chi connectivity index (χ2v) is 9.65. The Kier molecular flexibility index (Phi) is 5.82. The molecule has 2 aromatic carbocycles. The number of amides is 1. The molecule has 0 bridgehead atoms. The van der Waals surface area contributed by atoms with Crippen LogP contribution in [0.3, 0.4) is 0 Å². The Morgan fingerprint density at radius 1 is 1.03 bits per heavy atom. The highest BCUT2D eigenvalue weighted by Crippen LogP contribution is 2.33. The third-order valence-corrected chi connectivity index (χ3v) is 7.21. The number of carbonyl (C=O) groups is 1. The van der Waals surface area contributed by atoms with Crippen molar-refractivity contribution in [1.29, 1.82) is 0 Å². The van der Waals surface area contributed by atoms with E-state index >= 15 is 0 Å². The van der Waals surface area contributed by atoms with Crippen molar-refractivity contribution in [2.75, 3.05) is 6.54 Å². The highest BCUT2D eigenvalue weighted by atomic mass is 19.1. The number of phenolic OH excluding ortho intramolecular Hbond substituents is 1. The van der Waals surface area contributed by atoms with E-state index in [0.29, 0.717) is 6.54 Å². The molecular formula is C28H25F2N5O2. The second-order valence-electron chi connectivity index (χ2n) is 9.65. The fourth-order valence-corrected chi connectivity index (χ4v) is 5.10. The minimum Gasteiger partial charge on any atom is -0.503 e. The summed E-state index contributed by atoms with van der Waals surface area (Å²) in [7, 11) is 0. The van der Waals surface area contributed by atoms with Crippen molar-refractivity contribution in [2.24, 2.45) is 5.92 Å². The van der Waals surface area contributed by atoms with Gasteiger partial charge in [-0.25, -0.2) is 13.8 Å². The van der Waals surface area contributed by atoms with E-state index in [0.717, 1.165) is 65.6 Å². The van der Waals surface area contributed by atoms with Crippen molar-refractivity contribution >= 4 is 22.5 Å². The molecule has 37 heavy (non-hydrogen) atoms. The number of nitrogens with one attached hydrogen (secondary N) is 1. The van der Waals surface area contributed by atoms with Crippen LogP contribution >= 0.6 is 0 Å². The number of fused-ring (bicyclic) bond motifs is 2.